The lowest BCUT2D eigenvalue weighted by molar-refractivity contribution is 0.299. The average molecular weight is 1670 g/mol. The van der Waals surface area contributed by atoms with Crippen LogP contribution in [0.3, 0.4) is 0 Å². The molecule has 0 aromatic heterocycles. The first-order valence-corrected chi connectivity index (χ1v) is 45.6. The van der Waals surface area contributed by atoms with E-state index in [2.05, 4.69) is 553 Å². The van der Waals surface area contributed by atoms with Crippen molar-refractivity contribution in [3.8, 4) is 100 Å². The molecule has 3 nitrogen and oxygen atoms in total. The van der Waals surface area contributed by atoms with Crippen molar-refractivity contribution in [1.82, 2.24) is 0 Å². The monoisotopic (exact) mass is 1670 g/mol. The summed E-state index contributed by atoms with van der Waals surface area (Å²) in [5, 5.41) is 0. The lowest BCUT2D eigenvalue weighted by Gasteiger charge is -2.48. The molecule has 18 aromatic rings. The summed E-state index contributed by atoms with van der Waals surface area (Å²) in [6, 6.07) is 165. The maximum absolute atomic E-state index is 2.44. The third-order valence-electron chi connectivity index (χ3n) is 29.5. The molecule has 0 unspecified atom stereocenters. The molecule has 3 aliphatic carbocycles. The van der Waals surface area contributed by atoms with Gasteiger partial charge in [-0.1, -0.05) is 423 Å². The summed E-state index contributed by atoms with van der Waals surface area (Å²) in [7, 11) is 0. The number of hydrogen-bond donors (Lipinski definition) is 0. The maximum Gasteiger partial charge on any atom is 0.0473 e. The molecule has 0 spiro atoms. The summed E-state index contributed by atoms with van der Waals surface area (Å²) in [6.07, 6.45) is 0. The van der Waals surface area contributed by atoms with Crippen LogP contribution in [0.2, 0.25) is 0 Å². The van der Waals surface area contributed by atoms with Gasteiger partial charge in [0.2, 0.25) is 0 Å². The van der Waals surface area contributed by atoms with Gasteiger partial charge in [0.05, 0.1) is 0 Å². The Balaban J connectivity index is 0.000000126. The molecule has 0 radical (unpaired) electrons. The largest absolute Gasteiger partial charge is 0.310 e. The van der Waals surface area contributed by atoms with E-state index in [9.17, 15) is 0 Å². The Kier molecular flexibility index (Phi) is 22.3. The van der Waals surface area contributed by atoms with Gasteiger partial charge in [-0.05, 0) is 281 Å². The van der Waals surface area contributed by atoms with Crippen LogP contribution >= 0.6 is 0 Å². The van der Waals surface area contributed by atoms with Crippen molar-refractivity contribution in [3.63, 3.8) is 0 Å². The van der Waals surface area contributed by atoms with Crippen LogP contribution in [0, 0.1) is 0 Å². The number of anilines is 9. The number of rotatable bonds is 15. The number of para-hydroxylation sites is 1. The minimum atomic E-state index is -0.0733. The first kappa shape index (κ1) is 83.9. The quantitative estimate of drug-likeness (QED) is 0.101. The fraction of sp³-hybridized carbons (Fsp3) is 0.143. The standard InChI is InChI=1S/3C42H37N/c1-41(2)39-23-15-14-22-37(39)38-25-24-35(29-40(38)42(41,3)4)43(34-20-12-7-13-21-34)36-27-32(30-16-8-5-9-17-30)26-33(28-36)31-18-10-6-11-19-31;1-41(2)39-21-12-11-20-37(39)38-27-26-36(29-40(38)42(41,3)4)43(34-24-22-32(23-25-34)30-14-7-5-8-15-30)35-19-13-18-33(28-35)31-16-9-6-10-17-31;1-41(2)39-18-12-11-17-37(39)38-28-27-36(29-40(38)42(41,3)4)43(34-23-19-32(20-24-34)30-13-7-5-8-14-30)35-25-21-33(22-26-35)31-15-9-6-10-16-31/h3*5-29H,1-4H3. The summed E-state index contributed by atoms with van der Waals surface area (Å²) < 4.78 is 0. The molecule has 0 heterocycles. The molecule has 3 aliphatic rings. The second-order valence-electron chi connectivity index (χ2n) is 38.1. The molecule has 21 rings (SSSR count). The second kappa shape index (κ2) is 34.3. The van der Waals surface area contributed by atoms with E-state index in [1.807, 2.05) is 0 Å². The van der Waals surface area contributed by atoms with Crippen LogP contribution in [0.15, 0.2) is 455 Å². The van der Waals surface area contributed by atoms with Gasteiger partial charge in [0.1, 0.15) is 0 Å². The Morgan fingerprint density at radius 2 is 0.302 bits per heavy atom. The number of hydrogen-bond acceptors (Lipinski definition) is 3. The highest BCUT2D eigenvalue weighted by Crippen LogP contribution is 2.59. The van der Waals surface area contributed by atoms with Crippen molar-refractivity contribution in [3.05, 3.63) is 488 Å². The van der Waals surface area contributed by atoms with Gasteiger partial charge in [-0.2, -0.15) is 0 Å². The summed E-state index contributed by atoms with van der Waals surface area (Å²) in [5.74, 6) is 0. The molecule has 0 bridgehead atoms. The normalized spacial score (nSPS) is 14.4. The smallest absolute Gasteiger partial charge is 0.0473 e. The third kappa shape index (κ3) is 15.6. The first-order valence-electron chi connectivity index (χ1n) is 45.6. The molecule has 0 saturated carbocycles. The first-order chi connectivity index (χ1) is 62.5. The molecule has 129 heavy (non-hydrogen) atoms. The highest BCUT2D eigenvalue weighted by atomic mass is 15.2. The van der Waals surface area contributed by atoms with Crippen molar-refractivity contribution in [2.75, 3.05) is 14.7 Å². The summed E-state index contributed by atoms with van der Waals surface area (Å²) in [5.41, 5.74) is 41.1. The Bertz CT molecular complexity index is 6890. The van der Waals surface area contributed by atoms with E-state index in [1.54, 1.807) is 0 Å². The fourth-order valence-corrected chi connectivity index (χ4v) is 20.1. The van der Waals surface area contributed by atoms with Gasteiger partial charge < -0.3 is 14.7 Å². The van der Waals surface area contributed by atoms with Crippen LogP contribution in [-0.4, -0.2) is 0 Å². The van der Waals surface area contributed by atoms with Gasteiger partial charge in [-0.15, -0.1) is 0 Å². The lowest BCUT2D eigenvalue weighted by Crippen LogP contribution is -2.43. The van der Waals surface area contributed by atoms with Gasteiger partial charge in [-0.3, -0.25) is 0 Å². The second-order valence-corrected chi connectivity index (χ2v) is 38.1. The van der Waals surface area contributed by atoms with E-state index in [0.717, 1.165) is 39.8 Å². The van der Waals surface area contributed by atoms with E-state index in [1.165, 1.54) is 145 Å². The predicted octanol–water partition coefficient (Wildman–Crippen LogP) is 35.2. The van der Waals surface area contributed by atoms with Crippen LogP contribution in [0.25, 0.3) is 100 Å². The molecule has 0 amide bonds. The number of nitrogens with zero attached hydrogens (tertiary/aromatic N) is 3. The zero-order valence-corrected chi connectivity index (χ0v) is 76.1. The van der Waals surface area contributed by atoms with E-state index < -0.39 is 0 Å². The Morgan fingerprint density at radius 3 is 0.612 bits per heavy atom. The topological polar surface area (TPSA) is 9.72 Å². The molecule has 0 aliphatic heterocycles. The van der Waals surface area contributed by atoms with Gasteiger partial charge in [0.15, 0.2) is 0 Å². The van der Waals surface area contributed by atoms with E-state index in [0.29, 0.717) is 0 Å². The minimum absolute atomic E-state index is 0.0191. The van der Waals surface area contributed by atoms with Crippen LogP contribution in [0.5, 0.6) is 0 Å². The number of fused-ring (bicyclic) bond motifs is 9. The maximum atomic E-state index is 2.44. The number of benzene rings is 18. The Morgan fingerprint density at radius 1 is 0.116 bits per heavy atom. The molecule has 0 saturated heterocycles. The fourth-order valence-electron chi connectivity index (χ4n) is 20.1. The van der Waals surface area contributed by atoms with Crippen molar-refractivity contribution < 1.29 is 0 Å². The molecular weight excluding hydrogens is 1560 g/mol. The van der Waals surface area contributed by atoms with Crippen molar-refractivity contribution in [1.29, 1.82) is 0 Å². The molecule has 0 fully saturated rings. The van der Waals surface area contributed by atoms with Crippen molar-refractivity contribution in [2.24, 2.45) is 0 Å². The van der Waals surface area contributed by atoms with Crippen LogP contribution in [0.4, 0.5) is 51.2 Å². The lowest BCUT2D eigenvalue weighted by atomic mass is 9.55. The highest BCUT2D eigenvalue weighted by molar-refractivity contribution is 5.91. The molecule has 3 heteroatoms. The molecule has 18 aromatic carbocycles. The third-order valence-corrected chi connectivity index (χ3v) is 29.5. The summed E-state index contributed by atoms with van der Waals surface area (Å²) in [4.78, 5) is 7.22. The van der Waals surface area contributed by atoms with Crippen LogP contribution < -0.4 is 14.7 Å². The van der Waals surface area contributed by atoms with E-state index in [4.69, 9.17) is 0 Å². The van der Waals surface area contributed by atoms with E-state index >= 15 is 0 Å². The van der Waals surface area contributed by atoms with Crippen LogP contribution in [-0.2, 0) is 32.5 Å². The zero-order chi connectivity index (χ0) is 88.8. The van der Waals surface area contributed by atoms with Gasteiger partial charge in [0, 0.05) is 51.2 Å². The highest BCUT2D eigenvalue weighted by Gasteiger charge is 2.49. The molecule has 630 valence electrons. The van der Waals surface area contributed by atoms with Gasteiger partial charge >= 0.3 is 0 Å². The van der Waals surface area contributed by atoms with Crippen molar-refractivity contribution in [2.45, 2.75) is 116 Å². The molecular formula is C126H111N3. The molecule has 0 atom stereocenters. The minimum Gasteiger partial charge on any atom is -0.310 e. The summed E-state index contributed by atoms with van der Waals surface area (Å²) >= 11 is 0. The Hall–Kier alpha value is -14.6. The van der Waals surface area contributed by atoms with E-state index in [-0.39, 0.29) is 32.5 Å². The predicted molar refractivity (Wildman–Crippen MR) is 550 cm³/mol. The summed E-state index contributed by atoms with van der Waals surface area (Å²) in [6.45, 7) is 28.8. The van der Waals surface area contributed by atoms with Gasteiger partial charge in [0.25, 0.3) is 0 Å². The SMILES string of the molecule is CC1(C)c2ccccc2-c2ccc(N(c3ccc(-c4ccccc4)cc3)c3ccc(-c4ccccc4)cc3)cc2C1(C)C.CC1(C)c2ccccc2-c2ccc(N(c3ccc(-c4ccccc4)cc3)c3cccc(-c4ccccc4)c3)cc2C1(C)C.CC1(C)c2ccccc2-c2ccc(N(c3ccccc3)c3cc(-c4ccccc4)cc(-c4ccccc4)c3)cc2C1(C)C. The zero-order valence-electron chi connectivity index (χ0n) is 76.1. The van der Waals surface area contributed by atoms with Crippen molar-refractivity contribution >= 4 is 51.2 Å². The van der Waals surface area contributed by atoms with Gasteiger partial charge in [-0.25, -0.2) is 0 Å². The van der Waals surface area contributed by atoms with Crippen LogP contribution in [0.1, 0.15) is 116 Å². The average Bonchev–Trinajstić information content (AvgIpc) is 0.720. The molecule has 0 N–H and O–H groups in total. The Labute approximate surface area is 764 Å².